The first-order valence-corrected chi connectivity index (χ1v) is 11.4. The topological polar surface area (TPSA) is 75.2 Å². The Morgan fingerprint density at radius 2 is 1.74 bits per heavy atom. The lowest BCUT2D eigenvalue weighted by Crippen LogP contribution is -2.46. The summed E-state index contributed by atoms with van der Waals surface area (Å²) < 4.78 is 0. The van der Waals surface area contributed by atoms with Gasteiger partial charge in [-0.05, 0) is 56.5 Å². The van der Waals surface area contributed by atoms with Crippen LogP contribution in [0.3, 0.4) is 0 Å². The zero-order chi connectivity index (χ0) is 21.8. The van der Waals surface area contributed by atoms with Crippen molar-refractivity contribution in [3.63, 3.8) is 0 Å². The van der Waals surface area contributed by atoms with Gasteiger partial charge in [0.2, 0.25) is 5.91 Å². The first kappa shape index (κ1) is 21.2. The lowest BCUT2D eigenvalue weighted by molar-refractivity contribution is -0.123. The number of hydrogen-bond donors (Lipinski definition) is 1. The smallest absolute Gasteiger partial charge is 0.271 e. The number of thiazole rings is 1. The highest BCUT2D eigenvalue weighted by Crippen LogP contribution is 2.32. The van der Waals surface area contributed by atoms with E-state index in [9.17, 15) is 9.59 Å². The van der Waals surface area contributed by atoms with Crippen LogP contribution in [-0.2, 0) is 4.79 Å². The fraction of sp³-hybridized carbons (Fsp3) is 0.333. The molecule has 1 aliphatic rings. The molecule has 7 heteroatoms. The highest BCUT2D eigenvalue weighted by Gasteiger charge is 2.36. The van der Waals surface area contributed by atoms with Gasteiger partial charge in [0.05, 0.1) is 10.7 Å². The normalized spacial score (nSPS) is 14.9. The molecule has 1 unspecified atom stereocenters. The first-order valence-electron chi connectivity index (χ1n) is 10.6. The van der Waals surface area contributed by atoms with Gasteiger partial charge in [-0.25, -0.2) is 4.98 Å². The minimum absolute atomic E-state index is 0.150. The van der Waals surface area contributed by atoms with Crippen molar-refractivity contribution in [3.8, 4) is 0 Å². The van der Waals surface area contributed by atoms with Crippen molar-refractivity contribution in [2.45, 2.75) is 51.6 Å². The van der Waals surface area contributed by atoms with Crippen molar-refractivity contribution in [2.24, 2.45) is 0 Å². The number of nitrogens with one attached hydrogen (secondary N) is 1. The van der Waals surface area contributed by atoms with Crippen LogP contribution in [0, 0.1) is 13.8 Å². The fourth-order valence-corrected chi connectivity index (χ4v) is 4.98. The molecule has 1 N–H and O–H groups in total. The van der Waals surface area contributed by atoms with E-state index in [4.69, 9.17) is 0 Å². The molecule has 31 heavy (non-hydrogen) atoms. The molecule has 0 bridgehead atoms. The van der Waals surface area contributed by atoms with Crippen molar-refractivity contribution in [3.05, 3.63) is 76.0 Å². The van der Waals surface area contributed by atoms with Gasteiger partial charge in [0.1, 0.15) is 10.9 Å². The predicted molar refractivity (Wildman–Crippen MR) is 122 cm³/mol. The van der Waals surface area contributed by atoms with E-state index >= 15 is 0 Å². The summed E-state index contributed by atoms with van der Waals surface area (Å²) in [4.78, 5) is 38.1. The standard InChI is InChI=1S/C24H26N4O2S/c1-16-22(31-17(2)26-16)24(30)28(20-10-4-3-5-11-20)21(18-12-14-25-15-13-18)23(29)27-19-8-6-7-9-19/h3-5,10-15,19,21H,6-9H2,1-2H3,(H,27,29). The van der Waals surface area contributed by atoms with Crippen molar-refractivity contribution >= 4 is 28.8 Å². The molecule has 3 aromatic rings. The van der Waals surface area contributed by atoms with E-state index in [1.807, 2.05) is 44.2 Å². The van der Waals surface area contributed by atoms with E-state index in [-0.39, 0.29) is 17.9 Å². The van der Waals surface area contributed by atoms with Crippen LogP contribution in [0.25, 0.3) is 0 Å². The summed E-state index contributed by atoms with van der Waals surface area (Å²) in [5, 5.41) is 4.01. The number of carbonyl (C=O) groups excluding carboxylic acids is 2. The maximum atomic E-state index is 13.8. The molecule has 160 valence electrons. The number of hydrogen-bond acceptors (Lipinski definition) is 5. The zero-order valence-electron chi connectivity index (χ0n) is 17.7. The molecule has 2 aromatic heterocycles. The van der Waals surface area contributed by atoms with Crippen LogP contribution in [0.5, 0.6) is 0 Å². The number of para-hydroxylation sites is 1. The Hall–Kier alpha value is -3.06. The maximum Gasteiger partial charge on any atom is 0.271 e. The number of rotatable bonds is 6. The van der Waals surface area contributed by atoms with Crippen molar-refractivity contribution in [1.82, 2.24) is 15.3 Å². The van der Waals surface area contributed by atoms with Gasteiger partial charge in [-0.2, -0.15) is 0 Å². The minimum Gasteiger partial charge on any atom is -0.351 e. The molecule has 1 atom stereocenters. The largest absolute Gasteiger partial charge is 0.351 e. The molecule has 0 spiro atoms. The summed E-state index contributed by atoms with van der Waals surface area (Å²) in [5.41, 5.74) is 2.07. The van der Waals surface area contributed by atoms with E-state index in [2.05, 4.69) is 15.3 Å². The third-order valence-electron chi connectivity index (χ3n) is 5.58. The number of anilines is 1. The maximum absolute atomic E-state index is 13.8. The average molecular weight is 435 g/mol. The number of carbonyl (C=O) groups is 2. The molecule has 1 saturated carbocycles. The number of aryl methyl sites for hydroxylation is 2. The molecule has 1 aliphatic carbocycles. The minimum atomic E-state index is -0.805. The number of pyridine rings is 1. The Morgan fingerprint density at radius 3 is 2.35 bits per heavy atom. The molecule has 4 rings (SSSR count). The van der Waals surface area contributed by atoms with Gasteiger partial charge in [0.15, 0.2) is 0 Å². The van der Waals surface area contributed by atoms with Crippen molar-refractivity contribution in [2.75, 3.05) is 4.90 Å². The van der Waals surface area contributed by atoms with E-state index in [0.717, 1.165) is 36.3 Å². The Labute approximate surface area is 186 Å². The van der Waals surface area contributed by atoms with Gasteiger partial charge in [0, 0.05) is 24.1 Å². The van der Waals surface area contributed by atoms with Gasteiger partial charge in [-0.1, -0.05) is 31.0 Å². The summed E-state index contributed by atoms with van der Waals surface area (Å²) in [6, 6.07) is 12.3. The van der Waals surface area contributed by atoms with Gasteiger partial charge in [-0.15, -0.1) is 11.3 Å². The number of benzene rings is 1. The SMILES string of the molecule is Cc1nc(C)c(C(=O)N(c2ccccc2)C(C(=O)NC2CCCC2)c2ccncc2)s1. The number of aromatic nitrogens is 2. The van der Waals surface area contributed by atoms with Crippen LogP contribution < -0.4 is 10.2 Å². The molecular weight excluding hydrogens is 408 g/mol. The van der Waals surface area contributed by atoms with Crippen LogP contribution in [-0.4, -0.2) is 27.8 Å². The van der Waals surface area contributed by atoms with Crippen LogP contribution in [0.2, 0.25) is 0 Å². The van der Waals surface area contributed by atoms with E-state index in [1.165, 1.54) is 11.3 Å². The van der Waals surface area contributed by atoms with Crippen molar-refractivity contribution < 1.29 is 9.59 Å². The third kappa shape index (κ3) is 4.66. The van der Waals surface area contributed by atoms with Gasteiger partial charge in [-0.3, -0.25) is 19.5 Å². The second-order valence-electron chi connectivity index (χ2n) is 7.83. The van der Waals surface area contributed by atoms with E-state index < -0.39 is 6.04 Å². The average Bonchev–Trinajstić information content (AvgIpc) is 3.41. The molecule has 1 fully saturated rings. The summed E-state index contributed by atoms with van der Waals surface area (Å²) in [5.74, 6) is -0.396. The lowest BCUT2D eigenvalue weighted by Gasteiger charge is -2.32. The molecule has 0 radical (unpaired) electrons. The Kier molecular flexibility index (Phi) is 6.42. The lowest BCUT2D eigenvalue weighted by atomic mass is 10.0. The van der Waals surface area contributed by atoms with E-state index in [0.29, 0.717) is 16.3 Å². The predicted octanol–water partition coefficient (Wildman–Crippen LogP) is 4.60. The molecule has 2 amide bonds. The van der Waals surface area contributed by atoms with Gasteiger partial charge < -0.3 is 5.32 Å². The molecule has 1 aromatic carbocycles. The van der Waals surface area contributed by atoms with E-state index in [1.54, 1.807) is 29.4 Å². The highest BCUT2D eigenvalue weighted by atomic mass is 32.1. The third-order valence-corrected chi connectivity index (χ3v) is 6.64. The monoisotopic (exact) mass is 434 g/mol. The van der Waals surface area contributed by atoms with Crippen molar-refractivity contribution in [1.29, 1.82) is 0 Å². The molecule has 0 saturated heterocycles. The summed E-state index contributed by atoms with van der Waals surface area (Å²) in [7, 11) is 0. The zero-order valence-corrected chi connectivity index (χ0v) is 18.6. The first-order chi connectivity index (χ1) is 15.0. The summed E-state index contributed by atoms with van der Waals surface area (Å²) in [6.07, 6.45) is 7.49. The van der Waals surface area contributed by atoms with Crippen LogP contribution in [0.1, 0.15) is 57.7 Å². The Balaban J connectivity index is 1.80. The second-order valence-corrected chi connectivity index (χ2v) is 9.03. The highest BCUT2D eigenvalue weighted by molar-refractivity contribution is 7.13. The van der Waals surface area contributed by atoms with Crippen LogP contribution in [0.4, 0.5) is 5.69 Å². The Bertz CT molecular complexity index is 1050. The van der Waals surface area contributed by atoms with Crippen LogP contribution in [0.15, 0.2) is 54.9 Å². The summed E-state index contributed by atoms with van der Waals surface area (Å²) >= 11 is 1.36. The summed E-state index contributed by atoms with van der Waals surface area (Å²) in [6.45, 7) is 3.72. The second kappa shape index (κ2) is 9.39. The molecule has 6 nitrogen and oxygen atoms in total. The van der Waals surface area contributed by atoms with Gasteiger partial charge >= 0.3 is 0 Å². The van der Waals surface area contributed by atoms with Crippen LogP contribution >= 0.6 is 11.3 Å². The fourth-order valence-electron chi connectivity index (χ4n) is 4.13. The number of nitrogens with zero attached hydrogens (tertiary/aromatic N) is 3. The molecule has 0 aliphatic heterocycles. The molecule has 2 heterocycles. The quantitative estimate of drug-likeness (QED) is 0.615. The van der Waals surface area contributed by atoms with Gasteiger partial charge in [0.25, 0.3) is 5.91 Å². The number of amides is 2. The Morgan fingerprint density at radius 1 is 1.06 bits per heavy atom. The molecular formula is C24H26N4O2S.